The highest BCUT2D eigenvalue weighted by Crippen LogP contribution is 2.34. The zero-order valence-corrected chi connectivity index (χ0v) is 14.0. The maximum absolute atomic E-state index is 6.31. The van der Waals surface area contributed by atoms with Crippen molar-refractivity contribution in [3.8, 4) is 0 Å². The highest BCUT2D eigenvalue weighted by Gasteiger charge is 2.12. The van der Waals surface area contributed by atoms with E-state index in [1.54, 1.807) is 7.11 Å². The van der Waals surface area contributed by atoms with Gasteiger partial charge in [0.25, 0.3) is 5.22 Å². The van der Waals surface area contributed by atoms with Gasteiger partial charge in [-0.25, -0.2) is 4.98 Å². The Bertz CT molecular complexity index is 582. The van der Waals surface area contributed by atoms with E-state index in [0.29, 0.717) is 18.4 Å². The van der Waals surface area contributed by atoms with Crippen molar-refractivity contribution in [1.82, 2.24) is 10.3 Å². The Balaban J connectivity index is 2.12. The molecule has 0 spiro atoms. The molecule has 1 aromatic heterocycles. The van der Waals surface area contributed by atoms with Crippen LogP contribution in [0.3, 0.4) is 0 Å². The normalized spacial score (nSPS) is 11.0. The van der Waals surface area contributed by atoms with E-state index in [1.165, 1.54) is 11.8 Å². The van der Waals surface area contributed by atoms with Crippen molar-refractivity contribution in [2.45, 2.75) is 30.5 Å². The zero-order chi connectivity index (χ0) is 15.2. The lowest BCUT2D eigenvalue weighted by Gasteiger charge is -2.10. The molecule has 0 radical (unpaired) electrons. The molecule has 0 bridgehead atoms. The SMILES string of the molecule is COCCNCc1c(Cl)cccc1Sc1nc(C)c(C)o1. The highest BCUT2D eigenvalue weighted by atomic mass is 35.5. The van der Waals surface area contributed by atoms with Crippen molar-refractivity contribution in [2.24, 2.45) is 0 Å². The number of hydrogen-bond donors (Lipinski definition) is 1. The average Bonchev–Trinajstić information content (AvgIpc) is 2.76. The minimum Gasteiger partial charge on any atom is -0.436 e. The van der Waals surface area contributed by atoms with Crippen LogP contribution in [0.15, 0.2) is 32.7 Å². The number of rotatable bonds is 7. The number of nitrogens with one attached hydrogen (secondary N) is 1. The van der Waals surface area contributed by atoms with Crippen LogP contribution in [0.4, 0.5) is 0 Å². The van der Waals surface area contributed by atoms with Gasteiger partial charge in [-0.05, 0) is 43.3 Å². The zero-order valence-electron chi connectivity index (χ0n) is 12.4. The lowest BCUT2D eigenvalue weighted by Crippen LogP contribution is -2.19. The molecule has 6 heteroatoms. The standard InChI is InChI=1S/C15H19ClN2O2S/c1-10-11(2)20-15(18-10)21-14-6-4-5-13(16)12(14)9-17-7-8-19-3/h4-6,17H,7-9H2,1-3H3. The molecule has 1 heterocycles. The molecule has 0 saturated heterocycles. The summed E-state index contributed by atoms with van der Waals surface area (Å²) in [6.45, 7) is 5.99. The van der Waals surface area contributed by atoms with Gasteiger partial charge in [-0.3, -0.25) is 0 Å². The van der Waals surface area contributed by atoms with Crippen LogP contribution in [-0.2, 0) is 11.3 Å². The molecular weight excluding hydrogens is 308 g/mol. The van der Waals surface area contributed by atoms with Crippen LogP contribution in [0.1, 0.15) is 17.0 Å². The number of ether oxygens (including phenoxy) is 1. The Kier molecular flexibility index (Phi) is 6.11. The molecular formula is C15H19ClN2O2S. The van der Waals surface area contributed by atoms with E-state index < -0.39 is 0 Å². The quantitative estimate of drug-likeness (QED) is 0.783. The predicted molar refractivity (Wildman–Crippen MR) is 85.1 cm³/mol. The molecule has 0 saturated carbocycles. The van der Waals surface area contributed by atoms with E-state index in [2.05, 4.69) is 10.3 Å². The third-order valence-corrected chi connectivity index (χ3v) is 4.37. The van der Waals surface area contributed by atoms with Crippen LogP contribution in [0.2, 0.25) is 5.02 Å². The largest absolute Gasteiger partial charge is 0.436 e. The van der Waals surface area contributed by atoms with Crippen molar-refractivity contribution in [3.63, 3.8) is 0 Å². The minimum atomic E-state index is 0.644. The maximum Gasteiger partial charge on any atom is 0.261 e. The van der Waals surface area contributed by atoms with Crippen LogP contribution in [0, 0.1) is 13.8 Å². The molecule has 1 aromatic carbocycles. The summed E-state index contributed by atoms with van der Waals surface area (Å²) in [6, 6.07) is 5.86. The number of nitrogens with zero attached hydrogens (tertiary/aromatic N) is 1. The summed E-state index contributed by atoms with van der Waals surface area (Å²) >= 11 is 7.80. The first-order chi connectivity index (χ1) is 10.1. The van der Waals surface area contributed by atoms with E-state index in [1.807, 2.05) is 32.0 Å². The van der Waals surface area contributed by atoms with Gasteiger partial charge < -0.3 is 14.5 Å². The second-order valence-corrected chi connectivity index (χ2v) is 6.01. The molecule has 1 N–H and O–H groups in total. The van der Waals surface area contributed by atoms with Crippen molar-refractivity contribution in [1.29, 1.82) is 0 Å². The van der Waals surface area contributed by atoms with Gasteiger partial charge in [0.1, 0.15) is 5.76 Å². The van der Waals surface area contributed by atoms with Gasteiger partial charge in [0.2, 0.25) is 0 Å². The predicted octanol–water partition coefficient (Wildman–Crippen LogP) is 3.83. The number of aromatic nitrogens is 1. The van der Waals surface area contributed by atoms with Gasteiger partial charge >= 0.3 is 0 Å². The van der Waals surface area contributed by atoms with Crippen LogP contribution in [0.5, 0.6) is 0 Å². The second kappa shape index (κ2) is 7.84. The molecule has 114 valence electrons. The van der Waals surface area contributed by atoms with E-state index in [9.17, 15) is 0 Å². The first kappa shape index (κ1) is 16.4. The molecule has 0 unspecified atom stereocenters. The Labute approximate surface area is 134 Å². The molecule has 2 aromatic rings. The topological polar surface area (TPSA) is 47.3 Å². The number of benzene rings is 1. The Morgan fingerprint density at radius 1 is 1.38 bits per heavy atom. The summed E-state index contributed by atoms with van der Waals surface area (Å²) in [5, 5.41) is 4.70. The first-order valence-electron chi connectivity index (χ1n) is 6.70. The summed E-state index contributed by atoms with van der Waals surface area (Å²) in [5.41, 5.74) is 1.97. The molecule has 21 heavy (non-hydrogen) atoms. The molecule has 0 fully saturated rings. The number of methoxy groups -OCH3 is 1. The van der Waals surface area contributed by atoms with Gasteiger partial charge in [0, 0.05) is 30.1 Å². The molecule has 0 aliphatic rings. The second-order valence-electron chi connectivity index (χ2n) is 4.61. The fourth-order valence-corrected chi connectivity index (χ4v) is 3.06. The molecule has 0 aliphatic carbocycles. The number of aryl methyl sites for hydroxylation is 2. The van der Waals surface area contributed by atoms with Crippen LogP contribution in [-0.4, -0.2) is 25.2 Å². The van der Waals surface area contributed by atoms with Crippen LogP contribution in [0.25, 0.3) is 0 Å². The third-order valence-electron chi connectivity index (χ3n) is 3.07. The van der Waals surface area contributed by atoms with Gasteiger partial charge in [0.05, 0.1) is 12.3 Å². The van der Waals surface area contributed by atoms with Gasteiger partial charge in [-0.1, -0.05) is 17.7 Å². The third kappa shape index (κ3) is 4.48. The summed E-state index contributed by atoms with van der Waals surface area (Å²) in [4.78, 5) is 5.45. The summed E-state index contributed by atoms with van der Waals surface area (Å²) in [7, 11) is 1.69. The minimum absolute atomic E-state index is 0.644. The number of hydrogen-bond acceptors (Lipinski definition) is 5. The van der Waals surface area contributed by atoms with Crippen molar-refractivity contribution in [3.05, 3.63) is 40.2 Å². The number of oxazole rings is 1. The van der Waals surface area contributed by atoms with Gasteiger partial charge in [-0.2, -0.15) is 0 Å². The Morgan fingerprint density at radius 3 is 2.86 bits per heavy atom. The fourth-order valence-electron chi connectivity index (χ4n) is 1.77. The first-order valence-corrected chi connectivity index (χ1v) is 7.90. The molecule has 0 aliphatic heterocycles. The van der Waals surface area contributed by atoms with E-state index in [0.717, 1.165) is 33.5 Å². The maximum atomic E-state index is 6.31. The monoisotopic (exact) mass is 326 g/mol. The number of halogens is 1. The molecule has 0 amide bonds. The van der Waals surface area contributed by atoms with E-state index in [-0.39, 0.29) is 0 Å². The van der Waals surface area contributed by atoms with Crippen LogP contribution < -0.4 is 5.32 Å². The molecule has 4 nitrogen and oxygen atoms in total. The van der Waals surface area contributed by atoms with Crippen molar-refractivity contribution >= 4 is 23.4 Å². The average molecular weight is 327 g/mol. The Morgan fingerprint density at radius 2 is 2.19 bits per heavy atom. The van der Waals surface area contributed by atoms with Crippen molar-refractivity contribution in [2.75, 3.05) is 20.3 Å². The lowest BCUT2D eigenvalue weighted by atomic mass is 10.2. The van der Waals surface area contributed by atoms with Gasteiger partial charge in [0.15, 0.2) is 0 Å². The lowest BCUT2D eigenvalue weighted by molar-refractivity contribution is 0.199. The summed E-state index contributed by atoms with van der Waals surface area (Å²) in [6.07, 6.45) is 0. The van der Waals surface area contributed by atoms with Gasteiger partial charge in [-0.15, -0.1) is 0 Å². The Hall–Kier alpha value is -1.01. The summed E-state index contributed by atoms with van der Waals surface area (Å²) < 4.78 is 10.7. The van der Waals surface area contributed by atoms with E-state index >= 15 is 0 Å². The van der Waals surface area contributed by atoms with Crippen molar-refractivity contribution < 1.29 is 9.15 Å². The molecule has 0 atom stereocenters. The smallest absolute Gasteiger partial charge is 0.261 e. The summed E-state index contributed by atoms with van der Waals surface area (Å²) in [5.74, 6) is 0.847. The molecule has 2 rings (SSSR count). The van der Waals surface area contributed by atoms with Crippen LogP contribution >= 0.6 is 23.4 Å². The highest BCUT2D eigenvalue weighted by molar-refractivity contribution is 7.99. The fraction of sp³-hybridized carbons (Fsp3) is 0.400. The van der Waals surface area contributed by atoms with E-state index in [4.69, 9.17) is 20.8 Å².